The average Bonchev–Trinajstić information content (AvgIpc) is 3.21. The van der Waals surface area contributed by atoms with E-state index in [0.717, 1.165) is 25.7 Å². The van der Waals surface area contributed by atoms with Crippen molar-refractivity contribution >= 4 is 23.5 Å². The van der Waals surface area contributed by atoms with Crippen LogP contribution in [0.15, 0.2) is 12.7 Å². The predicted molar refractivity (Wildman–Crippen MR) is 153 cm³/mol. The number of rotatable bonds is 12. The first-order valence-corrected chi connectivity index (χ1v) is 15.0. The Bertz CT molecular complexity index is 933. The Balaban J connectivity index is 1.89. The normalized spacial score (nSPS) is 26.6. The monoisotopic (exact) mass is 544 g/mol. The molecule has 6 atom stereocenters. The van der Waals surface area contributed by atoms with Gasteiger partial charge in [-0.3, -0.25) is 19.2 Å². The molecule has 8 heteroatoms. The Morgan fingerprint density at radius 3 is 2.31 bits per heavy atom. The molecule has 1 saturated heterocycles. The number of carbonyl (C=O) groups is 4. The van der Waals surface area contributed by atoms with E-state index in [1.54, 1.807) is 0 Å². The summed E-state index contributed by atoms with van der Waals surface area (Å²) in [5.41, 5.74) is 6.14. The van der Waals surface area contributed by atoms with Gasteiger partial charge in [0.25, 0.3) is 5.91 Å². The highest BCUT2D eigenvalue weighted by Gasteiger charge is 2.70. The van der Waals surface area contributed by atoms with Gasteiger partial charge in [-0.25, -0.2) is 0 Å². The SMILES string of the molecule is C=CCNC(=O)C(=O)C(CCC)NC(=O)[C@@H]1[C@@H]2[C@H](CN1C(=O)C(C1CCCCC1)[C@H](CN)C(C)(C)C)C2(C)C. The summed E-state index contributed by atoms with van der Waals surface area (Å²) in [6, 6.07) is -1.57. The zero-order valence-electron chi connectivity index (χ0n) is 25.1. The standard InChI is InChI=1S/C31H52N4O4/c1-8-13-22(26(36)28(38)33-16-9-2)34-27(37)25-24-21(31(24,6)7)18-35(25)29(39)23(19-14-11-10-12-15-19)20(17-32)30(3,4)5/h9,19-25H,2,8,10-18,32H2,1,3-7H3,(H,33,38)(H,34,37)/t20-,21-,22?,23?,24-,25-/m0/s1. The summed E-state index contributed by atoms with van der Waals surface area (Å²) in [7, 11) is 0. The van der Waals surface area contributed by atoms with Crippen LogP contribution in [0.4, 0.5) is 0 Å². The van der Waals surface area contributed by atoms with E-state index in [-0.39, 0.29) is 58.8 Å². The van der Waals surface area contributed by atoms with Gasteiger partial charge in [0.05, 0.1) is 6.04 Å². The van der Waals surface area contributed by atoms with Crippen LogP contribution in [0, 0.1) is 40.4 Å². The van der Waals surface area contributed by atoms with Crippen LogP contribution in [-0.2, 0) is 19.2 Å². The topological polar surface area (TPSA) is 122 Å². The number of hydrogen-bond donors (Lipinski definition) is 3. The fourth-order valence-corrected chi connectivity index (χ4v) is 7.46. The molecule has 2 unspecified atom stereocenters. The van der Waals surface area contributed by atoms with Gasteiger partial charge in [-0.05, 0) is 60.3 Å². The summed E-state index contributed by atoms with van der Waals surface area (Å²) in [5, 5.41) is 5.42. The predicted octanol–water partition coefficient (Wildman–Crippen LogP) is 3.44. The fourth-order valence-electron chi connectivity index (χ4n) is 7.46. The van der Waals surface area contributed by atoms with Crippen LogP contribution >= 0.6 is 0 Å². The van der Waals surface area contributed by atoms with Gasteiger partial charge in [-0.15, -0.1) is 6.58 Å². The van der Waals surface area contributed by atoms with E-state index in [2.05, 4.69) is 51.8 Å². The van der Waals surface area contributed by atoms with Crippen molar-refractivity contribution in [3.63, 3.8) is 0 Å². The molecule has 2 saturated carbocycles. The molecule has 0 aromatic carbocycles. The first-order chi connectivity index (χ1) is 18.3. The molecule has 0 aromatic heterocycles. The van der Waals surface area contributed by atoms with Crippen LogP contribution < -0.4 is 16.4 Å². The minimum Gasteiger partial charge on any atom is -0.346 e. The molecule has 39 heavy (non-hydrogen) atoms. The van der Waals surface area contributed by atoms with Crippen molar-refractivity contribution in [1.29, 1.82) is 0 Å². The molecule has 8 nitrogen and oxygen atoms in total. The van der Waals surface area contributed by atoms with Crippen LogP contribution in [-0.4, -0.2) is 60.1 Å². The van der Waals surface area contributed by atoms with Crippen molar-refractivity contribution in [3.8, 4) is 0 Å². The minimum absolute atomic E-state index is 0.00437. The highest BCUT2D eigenvalue weighted by molar-refractivity contribution is 6.38. The molecule has 3 fully saturated rings. The van der Waals surface area contributed by atoms with Gasteiger partial charge in [0.1, 0.15) is 6.04 Å². The molecular formula is C31H52N4O4. The van der Waals surface area contributed by atoms with Crippen molar-refractivity contribution < 1.29 is 19.2 Å². The second-order valence-electron chi connectivity index (χ2n) is 13.7. The van der Waals surface area contributed by atoms with E-state index < -0.39 is 23.8 Å². The van der Waals surface area contributed by atoms with E-state index in [4.69, 9.17) is 5.73 Å². The first kappa shape index (κ1) is 31.3. The Hall–Kier alpha value is -2.22. The maximum atomic E-state index is 14.5. The number of ketones is 1. The fraction of sp³-hybridized carbons (Fsp3) is 0.806. The Morgan fingerprint density at radius 2 is 1.77 bits per heavy atom. The number of nitrogens with two attached hydrogens (primary N) is 1. The number of piperidine rings is 1. The molecule has 0 spiro atoms. The van der Waals surface area contributed by atoms with Gasteiger partial charge in [-0.1, -0.05) is 73.3 Å². The maximum absolute atomic E-state index is 14.5. The lowest BCUT2D eigenvalue weighted by Gasteiger charge is -2.44. The van der Waals surface area contributed by atoms with Crippen molar-refractivity contribution in [2.75, 3.05) is 19.6 Å². The summed E-state index contributed by atoms with van der Waals surface area (Å²) >= 11 is 0. The van der Waals surface area contributed by atoms with Gasteiger partial charge in [0, 0.05) is 19.0 Å². The molecular weight excluding hydrogens is 492 g/mol. The van der Waals surface area contributed by atoms with E-state index in [0.29, 0.717) is 25.9 Å². The lowest BCUT2D eigenvalue weighted by atomic mass is 9.65. The lowest BCUT2D eigenvalue weighted by molar-refractivity contribution is -0.149. The number of nitrogens with zero attached hydrogens (tertiary/aromatic N) is 1. The number of carbonyl (C=O) groups excluding carboxylic acids is 4. The first-order valence-electron chi connectivity index (χ1n) is 15.0. The van der Waals surface area contributed by atoms with Crippen molar-refractivity contribution in [3.05, 3.63) is 12.7 Å². The zero-order valence-corrected chi connectivity index (χ0v) is 25.1. The smallest absolute Gasteiger partial charge is 0.289 e. The quantitative estimate of drug-likeness (QED) is 0.257. The van der Waals surface area contributed by atoms with Gasteiger partial charge >= 0.3 is 0 Å². The summed E-state index contributed by atoms with van der Waals surface area (Å²) in [6.45, 7) is 17.4. The summed E-state index contributed by atoms with van der Waals surface area (Å²) < 4.78 is 0. The third kappa shape index (κ3) is 6.58. The van der Waals surface area contributed by atoms with Crippen LogP contribution in [0.5, 0.6) is 0 Å². The van der Waals surface area contributed by atoms with E-state index in [1.807, 2.05) is 11.8 Å². The molecule has 3 rings (SSSR count). The van der Waals surface area contributed by atoms with E-state index in [1.165, 1.54) is 12.5 Å². The summed E-state index contributed by atoms with van der Waals surface area (Å²) in [6.07, 6.45) is 7.95. The van der Waals surface area contributed by atoms with Gasteiger partial charge < -0.3 is 21.3 Å². The number of amides is 3. The van der Waals surface area contributed by atoms with Crippen LogP contribution in [0.25, 0.3) is 0 Å². The molecule has 1 aliphatic heterocycles. The highest BCUT2D eigenvalue weighted by atomic mass is 16.2. The van der Waals surface area contributed by atoms with Crippen LogP contribution in [0.3, 0.4) is 0 Å². The molecule has 220 valence electrons. The maximum Gasteiger partial charge on any atom is 0.289 e. The molecule has 0 aromatic rings. The van der Waals surface area contributed by atoms with E-state index >= 15 is 0 Å². The third-order valence-electron chi connectivity index (χ3n) is 9.84. The number of nitrogens with one attached hydrogen (secondary N) is 2. The molecule has 0 radical (unpaired) electrons. The van der Waals surface area contributed by atoms with Gasteiger partial charge in [0.15, 0.2) is 0 Å². The molecule has 0 bridgehead atoms. The Labute approximate surface area is 235 Å². The zero-order chi connectivity index (χ0) is 29.1. The molecule has 3 aliphatic rings. The van der Waals surface area contributed by atoms with E-state index in [9.17, 15) is 19.2 Å². The van der Waals surface area contributed by atoms with Crippen molar-refractivity contribution in [2.24, 2.45) is 46.2 Å². The minimum atomic E-state index is -0.925. The molecule has 2 aliphatic carbocycles. The number of likely N-dealkylation sites (tertiary alicyclic amines) is 1. The third-order valence-corrected chi connectivity index (χ3v) is 9.84. The summed E-state index contributed by atoms with van der Waals surface area (Å²) in [5.74, 6) is -1.37. The number of fused-ring (bicyclic) bond motifs is 1. The van der Waals surface area contributed by atoms with Gasteiger partial charge in [-0.2, -0.15) is 0 Å². The molecule has 3 amide bonds. The summed E-state index contributed by atoms with van der Waals surface area (Å²) in [4.78, 5) is 55.6. The van der Waals surface area contributed by atoms with Crippen molar-refractivity contribution in [2.45, 2.75) is 98.6 Å². The molecule has 1 heterocycles. The molecule has 4 N–H and O–H groups in total. The average molecular weight is 545 g/mol. The second-order valence-corrected chi connectivity index (χ2v) is 13.7. The Kier molecular flexibility index (Phi) is 10.1. The highest BCUT2D eigenvalue weighted by Crippen LogP contribution is 2.65. The Morgan fingerprint density at radius 1 is 1.13 bits per heavy atom. The lowest BCUT2D eigenvalue weighted by Crippen LogP contribution is -2.57. The largest absolute Gasteiger partial charge is 0.346 e. The number of hydrogen-bond acceptors (Lipinski definition) is 5. The van der Waals surface area contributed by atoms with Crippen LogP contribution in [0.1, 0.15) is 86.5 Å². The second kappa shape index (κ2) is 12.5. The number of Topliss-reactive ketones (excluding diaryl/α,β-unsaturated/α-hetero) is 1. The van der Waals surface area contributed by atoms with Crippen molar-refractivity contribution in [1.82, 2.24) is 15.5 Å². The van der Waals surface area contributed by atoms with Gasteiger partial charge in [0.2, 0.25) is 17.6 Å². The van der Waals surface area contributed by atoms with Crippen LogP contribution in [0.2, 0.25) is 0 Å².